The first kappa shape index (κ1) is 14.3. The van der Waals surface area contributed by atoms with Crippen molar-refractivity contribution in [2.45, 2.75) is 26.2 Å². The number of pyridine rings is 1. The van der Waals surface area contributed by atoms with Crippen molar-refractivity contribution in [2.75, 3.05) is 31.2 Å². The summed E-state index contributed by atoms with van der Waals surface area (Å²) >= 11 is 0. The summed E-state index contributed by atoms with van der Waals surface area (Å²) in [6.45, 7) is 6.54. The number of anilines is 1. The second-order valence-corrected chi connectivity index (χ2v) is 6.44. The Morgan fingerprint density at radius 1 is 1.52 bits per heavy atom. The van der Waals surface area contributed by atoms with Crippen LogP contribution in [0.5, 0.6) is 0 Å². The lowest BCUT2D eigenvalue weighted by atomic mass is 9.74. The molecule has 0 saturated carbocycles. The van der Waals surface area contributed by atoms with Crippen LogP contribution in [0.3, 0.4) is 0 Å². The van der Waals surface area contributed by atoms with Crippen LogP contribution in [-0.2, 0) is 9.53 Å². The van der Waals surface area contributed by atoms with Gasteiger partial charge in [-0.3, -0.25) is 4.79 Å². The highest BCUT2D eigenvalue weighted by molar-refractivity contribution is 5.77. The van der Waals surface area contributed by atoms with Gasteiger partial charge in [0, 0.05) is 31.3 Å². The summed E-state index contributed by atoms with van der Waals surface area (Å²) in [5.74, 6) is 0.606. The number of aromatic nitrogens is 1. The van der Waals surface area contributed by atoms with Crippen molar-refractivity contribution in [3.8, 4) is 0 Å². The molecule has 3 rings (SSSR count). The molecule has 0 radical (unpaired) electrons. The number of aliphatic carboxylic acids is 1. The van der Waals surface area contributed by atoms with E-state index in [0.29, 0.717) is 38.6 Å². The molecule has 114 valence electrons. The Hall–Kier alpha value is -1.62. The topological polar surface area (TPSA) is 62.7 Å². The molecule has 0 unspecified atom stereocenters. The normalized spacial score (nSPS) is 28.7. The molecule has 5 nitrogen and oxygen atoms in total. The molecule has 1 N–H and O–H groups in total. The van der Waals surface area contributed by atoms with E-state index in [9.17, 15) is 9.90 Å². The average Bonchev–Trinajstić information content (AvgIpc) is 2.88. The van der Waals surface area contributed by atoms with Crippen LogP contribution in [0.4, 0.5) is 5.82 Å². The second kappa shape index (κ2) is 5.30. The molecule has 0 amide bonds. The molecule has 0 spiro atoms. The summed E-state index contributed by atoms with van der Waals surface area (Å²) in [5.41, 5.74) is 0.372. The van der Waals surface area contributed by atoms with Gasteiger partial charge in [0.15, 0.2) is 0 Å². The van der Waals surface area contributed by atoms with E-state index in [2.05, 4.69) is 18.7 Å². The van der Waals surface area contributed by atoms with Gasteiger partial charge in [-0.15, -0.1) is 0 Å². The smallest absolute Gasteiger partial charge is 0.311 e. The SMILES string of the molecule is CC(C)c1cccc(N2C[C@@H]3COCC[C@]3(C(=O)O)C2)n1. The number of hydrogen-bond acceptors (Lipinski definition) is 4. The summed E-state index contributed by atoms with van der Waals surface area (Å²) in [5, 5.41) is 9.70. The molecule has 0 bridgehead atoms. The average molecular weight is 290 g/mol. The Morgan fingerprint density at radius 2 is 2.33 bits per heavy atom. The fraction of sp³-hybridized carbons (Fsp3) is 0.625. The summed E-state index contributed by atoms with van der Waals surface area (Å²) in [6.07, 6.45) is 0.591. The molecule has 2 fully saturated rings. The maximum atomic E-state index is 11.8. The predicted octanol–water partition coefficient (Wildman–Crippen LogP) is 2.13. The van der Waals surface area contributed by atoms with Crippen molar-refractivity contribution in [1.82, 2.24) is 4.98 Å². The van der Waals surface area contributed by atoms with Gasteiger partial charge < -0.3 is 14.7 Å². The Kier molecular flexibility index (Phi) is 3.61. The van der Waals surface area contributed by atoms with Gasteiger partial charge in [0.2, 0.25) is 0 Å². The molecule has 1 aromatic rings. The Bertz CT molecular complexity index is 546. The third kappa shape index (κ3) is 2.39. The fourth-order valence-electron chi connectivity index (χ4n) is 3.41. The van der Waals surface area contributed by atoms with Crippen molar-refractivity contribution in [3.05, 3.63) is 23.9 Å². The molecule has 21 heavy (non-hydrogen) atoms. The van der Waals surface area contributed by atoms with Gasteiger partial charge in [0.1, 0.15) is 5.82 Å². The maximum Gasteiger partial charge on any atom is 0.311 e. The van der Waals surface area contributed by atoms with E-state index in [1.165, 1.54) is 0 Å². The van der Waals surface area contributed by atoms with Crippen LogP contribution in [0.25, 0.3) is 0 Å². The molecule has 3 heterocycles. The van der Waals surface area contributed by atoms with E-state index >= 15 is 0 Å². The standard InChI is InChI=1S/C16H22N2O3/c1-11(2)13-4-3-5-14(17-13)18-8-12-9-21-7-6-16(12,10-18)15(19)20/h3-5,11-12H,6-10H2,1-2H3,(H,19,20)/t12-,16+/m1/s1. The van der Waals surface area contributed by atoms with Crippen LogP contribution in [0.15, 0.2) is 18.2 Å². The third-order valence-electron chi connectivity index (χ3n) is 4.80. The number of rotatable bonds is 3. The van der Waals surface area contributed by atoms with Gasteiger partial charge in [-0.2, -0.15) is 0 Å². The number of fused-ring (bicyclic) bond motifs is 1. The van der Waals surface area contributed by atoms with Gasteiger partial charge in [0.05, 0.1) is 12.0 Å². The quantitative estimate of drug-likeness (QED) is 0.924. The molecular formula is C16H22N2O3. The predicted molar refractivity (Wildman–Crippen MR) is 79.5 cm³/mol. The lowest BCUT2D eigenvalue weighted by Crippen LogP contribution is -2.44. The Labute approximate surface area is 124 Å². The van der Waals surface area contributed by atoms with Gasteiger partial charge in [-0.1, -0.05) is 19.9 Å². The Morgan fingerprint density at radius 3 is 3.00 bits per heavy atom. The number of nitrogens with zero attached hydrogens (tertiary/aromatic N) is 2. The molecule has 0 aromatic carbocycles. The van der Waals surface area contributed by atoms with Crippen molar-refractivity contribution < 1.29 is 14.6 Å². The summed E-state index contributed by atoms with van der Waals surface area (Å²) in [4.78, 5) is 18.6. The number of carboxylic acids is 1. The zero-order chi connectivity index (χ0) is 15.0. The van der Waals surface area contributed by atoms with Gasteiger partial charge >= 0.3 is 5.97 Å². The minimum atomic E-state index is -0.696. The van der Waals surface area contributed by atoms with E-state index in [1.807, 2.05) is 18.2 Å². The lowest BCUT2D eigenvalue weighted by Gasteiger charge is -2.33. The maximum absolute atomic E-state index is 11.8. The minimum Gasteiger partial charge on any atom is -0.481 e. The first-order valence-corrected chi connectivity index (χ1v) is 7.56. The van der Waals surface area contributed by atoms with Crippen LogP contribution in [0, 0.1) is 11.3 Å². The number of hydrogen-bond donors (Lipinski definition) is 1. The monoisotopic (exact) mass is 290 g/mol. The first-order chi connectivity index (χ1) is 10.0. The van der Waals surface area contributed by atoms with Crippen LogP contribution in [0.2, 0.25) is 0 Å². The van der Waals surface area contributed by atoms with E-state index in [-0.39, 0.29) is 5.92 Å². The lowest BCUT2D eigenvalue weighted by molar-refractivity contribution is -0.157. The van der Waals surface area contributed by atoms with Crippen LogP contribution < -0.4 is 4.90 Å². The van der Waals surface area contributed by atoms with E-state index < -0.39 is 11.4 Å². The zero-order valence-corrected chi connectivity index (χ0v) is 12.6. The van der Waals surface area contributed by atoms with Crippen molar-refractivity contribution in [2.24, 2.45) is 11.3 Å². The van der Waals surface area contributed by atoms with Crippen molar-refractivity contribution in [3.63, 3.8) is 0 Å². The molecule has 5 heteroatoms. The highest BCUT2D eigenvalue weighted by atomic mass is 16.5. The number of carboxylic acid groups (broad SMARTS) is 1. The molecule has 2 atom stereocenters. The van der Waals surface area contributed by atoms with E-state index in [4.69, 9.17) is 9.72 Å². The van der Waals surface area contributed by atoms with Gasteiger partial charge in [-0.25, -0.2) is 4.98 Å². The van der Waals surface area contributed by atoms with Crippen molar-refractivity contribution >= 4 is 11.8 Å². The number of carbonyl (C=O) groups is 1. The van der Waals surface area contributed by atoms with Crippen LogP contribution in [0.1, 0.15) is 31.9 Å². The fourth-order valence-corrected chi connectivity index (χ4v) is 3.41. The van der Waals surface area contributed by atoms with E-state index in [1.54, 1.807) is 0 Å². The first-order valence-electron chi connectivity index (χ1n) is 7.56. The summed E-state index contributed by atoms with van der Waals surface area (Å²) in [6, 6.07) is 6.00. The Balaban J connectivity index is 1.88. The van der Waals surface area contributed by atoms with Gasteiger partial charge in [-0.05, 0) is 24.5 Å². The highest BCUT2D eigenvalue weighted by Crippen LogP contribution is 2.43. The minimum absolute atomic E-state index is 0.0493. The molecule has 1 aromatic heterocycles. The van der Waals surface area contributed by atoms with Gasteiger partial charge in [0.25, 0.3) is 0 Å². The zero-order valence-electron chi connectivity index (χ0n) is 12.6. The molecule has 2 aliphatic heterocycles. The second-order valence-electron chi connectivity index (χ2n) is 6.44. The largest absolute Gasteiger partial charge is 0.481 e. The molecule has 0 aliphatic carbocycles. The summed E-state index contributed by atoms with van der Waals surface area (Å²) in [7, 11) is 0. The molecule has 2 aliphatic rings. The van der Waals surface area contributed by atoms with E-state index in [0.717, 1.165) is 11.5 Å². The number of ether oxygens (including phenoxy) is 1. The van der Waals surface area contributed by atoms with Crippen LogP contribution in [-0.4, -0.2) is 42.4 Å². The summed E-state index contributed by atoms with van der Waals surface area (Å²) < 4.78 is 5.49. The van der Waals surface area contributed by atoms with Crippen molar-refractivity contribution in [1.29, 1.82) is 0 Å². The molecular weight excluding hydrogens is 268 g/mol. The highest BCUT2D eigenvalue weighted by Gasteiger charge is 2.54. The third-order valence-corrected chi connectivity index (χ3v) is 4.80. The molecule has 2 saturated heterocycles. The van der Waals surface area contributed by atoms with Crippen LogP contribution >= 0.6 is 0 Å².